The van der Waals surface area contributed by atoms with E-state index in [9.17, 15) is 9.59 Å². The zero-order chi connectivity index (χ0) is 12.3. The Kier molecular flexibility index (Phi) is 3.42. The average molecular weight is 233 g/mol. The summed E-state index contributed by atoms with van der Waals surface area (Å²) in [5, 5.41) is 2.57. The Balaban J connectivity index is 1.84. The SMILES string of the molecule is CC[C@@H]1C(=O)N[C@@H]1C(=O)OCc1ccccc1. The molecule has 1 aromatic rings. The van der Waals surface area contributed by atoms with E-state index in [0.29, 0.717) is 6.42 Å². The molecule has 2 rings (SSSR count). The summed E-state index contributed by atoms with van der Waals surface area (Å²) in [7, 11) is 0. The van der Waals surface area contributed by atoms with E-state index >= 15 is 0 Å². The van der Waals surface area contributed by atoms with Gasteiger partial charge in [0.15, 0.2) is 0 Å². The van der Waals surface area contributed by atoms with Crippen molar-refractivity contribution in [1.82, 2.24) is 5.32 Å². The summed E-state index contributed by atoms with van der Waals surface area (Å²) in [4.78, 5) is 22.8. The molecular weight excluding hydrogens is 218 g/mol. The summed E-state index contributed by atoms with van der Waals surface area (Å²) in [6.45, 7) is 2.14. The fraction of sp³-hybridized carbons (Fsp3) is 0.385. The molecule has 0 aliphatic carbocycles. The van der Waals surface area contributed by atoms with E-state index in [-0.39, 0.29) is 24.4 Å². The van der Waals surface area contributed by atoms with Crippen molar-refractivity contribution in [3.8, 4) is 0 Å². The summed E-state index contributed by atoms with van der Waals surface area (Å²) < 4.78 is 5.16. The lowest BCUT2D eigenvalue weighted by Gasteiger charge is -2.33. The van der Waals surface area contributed by atoms with Crippen LogP contribution in [0, 0.1) is 5.92 Å². The summed E-state index contributed by atoms with van der Waals surface area (Å²) >= 11 is 0. The van der Waals surface area contributed by atoms with Gasteiger partial charge in [-0.15, -0.1) is 0 Å². The number of esters is 1. The highest BCUT2D eigenvalue weighted by Gasteiger charge is 2.43. The van der Waals surface area contributed by atoms with Crippen molar-refractivity contribution in [2.24, 2.45) is 5.92 Å². The maximum absolute atomic E-state index is 11.7. The van der Waals surface area contributed by atoms with E-state index < -0.39 is 6.04 Å². The van der Waals surface area contributed by atoms with Gasteiger partial charge in [-0.2, -0.15) is 0 Å². The average Bonchev–Trinajstić information content (AvgIpc) is 2.35. The molecule has 0 unspecified atom stereocenters. The highest BCUT2D eigenvalue weighted by Crippen LogP contribution is 2.20. The molecular formula is C13H15NO3. The fourth-order valence-corrected chi connectivity index (χ4v) is 1.88. The van der Waals surface area contributed by atoms with E-state index in [0.717, 1.165) is 5.56 Å². The van der Waals surface area contributed by atoms with Gasteiger partial charge in [-0.25, -0.2) is 4.79 Å². The van der Waals surface area contributed by atoms with Gasteiger partial charge in [0, 0.05) is 0 Å². The van der Waals surface area contributed by atoms with E-state index in [1.54, 1.807) is 0 Å². The molecule has 1 N–H and O–H groups in total. The minimum absolute atomic E-state index is 0.0610. The molecule has 1 aliphatic rings. The van der Waals surface area contributed by atoms with Gasteiger partial charge in [0.1, 0.15) is 12.6 Å². The largest absolute Gasteiger partial charge is 0.459 e. The predicted molar refractivity (Wildman–Crippen MR) is 61.9 cm³/mol. The van der Waals surface area contributed by atoms with Crippen LogP contribution < -0.4 is 5.32 Å². The molecule has 4 nitrogen and oxygen atoms in total. The molecule has 90 valence electrons. The van der Waals surface area contributed by atoms with Crippen molar-refractivity contribution in [2.75, 3.05) is 0 Å². The second-order valence-electron chi connectivity index (χ2n) is 4.09. The second kappa shape index (κ2) is 4.99. The molecule has 0 radical (unpaired) electrons. The molecule has 0 bridgehead atoms. The lowest BCUT2D eigenvalue weighted by molar-refractivity contribution is -0.159. The number of ether oxygens (including phenoxy) is 1. The standard InChI is InChI=1S/C13H15NO3/c1-2-10-11(14-12(10)15)13(16)17-8-9-6-4-3-5-7-9/h3-7,10-11H,2,8H2,1H3,(H,14,15)/t10-,11-/m0/s1. The zero-order valence-corrected chi connectivity index (χ0v) is 9.68. The number of carbonyl (C=O) groups excluding carboxylic acids is 2. The summed E-state index contributed by atoms with van der Waals surface area (Å²) in [5.41, 5.74) is 0.944. The number of hydrogen-bond acceptors (Lipinski definition) is 3. The minimum Gasteiger partial charge on any atom is -0.459 e. The predicted octanol–water partition coefficient (Wildman–Crippen LogP) is 1.25. The Morgan fingerprint density at radius 3 is 2.65 bits per heavy atom. The van der Waals surface area contributed by atoms with Crippen LogP contribution in [0.15, 0.2) is 30.3 Å². The molecule has 0 saturated carbocycles. The van der Waals surface area contributed by atoms with Gasteiger partial charge in [-0.3, -0.25) is 4.79 Å². The normalized spacial score (nSPS) is 22.5. The minimum atomic E-state index is -0.462. The van der Waals surface area contributed by atoms with Gasteiger partial charge in [0.05, 0.1) is 5.92 Å². The van der Waals surface area contributed by atoms with Crippen molar-refractivity contribution in [2.45, 2.75) is 26.0 Å². The van der Waals surface area contributed by atoms with Crippen molar-refractivity contribution in [3.63, 3.8) is 0 Å². The van der Waals surface area contributed by atoms with Gasteiger partial charge in [0.25, 0.3) is 0 Å². The van der Waals surface area contributed by atoms with E-state index in [1.165, 1.54) is 0 Å². The number of carbonyl (C=O) groups is 2. The molecule has 0 aromatic heterocycles. The number of benzene rings is 1. The lowest BCUT2D eigenvalue weighted by atomic mass is 9.88. The van der Waals surface area contributed by atoms with Crippen molar-refractivity contribution < 1.29 is 14.3 Å². The molecule has 0 spiro atoms. The number of nitrogens with one attached hydrogen (secondary N) is 1. The Labute approximate surface area is 100.0 Å². The fourth-order valence-electron chi connectivity index (χ4n) is 1.88. The van der Waals surface area contributed by atoms with Crippen LogP contribution in [0.25, 0.3) is 0 Å². The molecule has 1 saturated heterocycles. The van der Waals surface area contributed by atoms with Gasteiger partial charge in [-0.05, 0) is 12.0 Å². The second-order valence-corrected chi connectivity index (χ2v) is 4.09. The third kappa shape index (κ3) is 2.46. The maximum atomic E-state index is 11.7. The van der Waals surface area contributed by atoms with Gasteiger partial charge >= 0.3 is 5.97 Å². The monoisotopic (exact) mass is 233 g/mol. The molecule has 1 aromatic carbocycles. The van der Waals surface area contributed by atoms with Crippen LogP contribution in [0.3, 0.4) is 0 Å². The summed E-state index contributed by atoms with van der Waals surface area (Å²) in [6.07, 6.45) is 0.664. The lowest BCUT2D eigenvalue weighted by Crippen LogP contribution is -2.62. The molecule has 1 aliphatic heterocycles. The van der Waals surface area contributed by atoms with Crippen LogP contribution in [0.4, 0.5) is 0 Å². The smallest absolute Gasteiger partial charge is 0.329 e. The zero-order valence-electron chi connectivity index (χ0n) is 9.68. The molecule has 17 heavy (non-hydrogen) atoms. The Hall–Kier alpha value is -1.84. The Morgan fingerprint density at radius 1 is 1.35 bits per heavy atom. The maximum Gasteiger partial charge on any atom is 0.329 e. The number of hydrogen-bond donors (Lipinski definition) is 1. The van der Waals surface area contributed by atoms with E-state index in [1.807, 2.05) is 37.3 Å². The first-order chi connectivity index (χ1) is 8.22. The first-order valence-corrected chi connectivity index (χ1v) is 5.73. The Morgan fingerprint density at radius 2 is 2.06 bits per heavy atom. The number of rotatable bonds is 4. The van der Waals surface area contributed by atoms with E-state index in [2.05, 4.69) is 5.32 Å². The van der Waals surface area contributed by atoms with Crippen LogP contribution in [-0.4, -0.2) is 17.9 Å². The first kappa shape index (κ1) is 11.6. The summed E-state index contributed by atoms with van der Waals surface area (Å²) in [5.74, 6) is -0.632. The third-order valence-electron chi connectivity index (χ3n) is 2.95. The molecule has 1 amide bonds. The van der Waals surface area contributed by atoms with Gasteiger partial charge in [0.2, 0.25) is 5.91 Å². The highest BCUT2D eigenvalue weighted by molar-refractivity contribution is 5.97. The van der Waals surface area contributed by atoms with Gasteiger partial charge < -0.3 is 10.1 Å². The molecule has 4 heteroatoms. The van der Waals surface area contributed by atoms with Crippen LogP contribution in [0.5, 0.6) is 0 Å². The Bertz CT molecular complexity index is 416. The topological polar surface area (TPSA) is 55.4 Å². The van der Waals surface area contributed by atoms with Gasteiger partial charge in [-0.1, -0.05) is 37.3 Å². The number of amides is 1. The van der Waals surface area contributed by atoms with Crippen LogP contribution in [0.2, 0.25) is 0 Å². The van der Waals surface area contributed by atoms with Crippen molar-refractivity contribution >= 4 is 11.9 Å². The molecule has 1 heterocycles. The third-order valence-corrected chi connectivity index (χ3v) is 2.95. The quantitative estimate of drug-likeness (QED) is 0.629. The number of β-lactam (4-membered cyclic amide) rings is 1. The molecule has 2 atom stereocenters. The van der Waals surface area contributed by atoms with Crippen LogP contribution in [0.1, 0.15) is 18.9 Å². The molecule has 1 fully saturated rings. The van der Waals surface area contributed by atoms with Crippen molar-refractivity contribution in [3.05, 3.63) is 35.9 Å². The van der Waals surface area contributed by atoms with Crippen LogP contribution in [-0.2, 0) is 20.9 Å². The highest BCUT2D eigenvalue weighted by atomic mass is 16.5. The first-order valence-electron chi connectivity index (χ1n) is 5.73. The van der Waals surface area contributed by atoms with E-state index in [4.69, 9.17) is 4.74 Å². The van der Waals surface area contributed by atoms with Crippen LogP contribution >= 0.6 is 0 Å². The van der Waals surface area contributed by atoms with Crippen molar-refractivity contribution in [1.29, 1.82) is 0 Å². The summed E-state index contributed by atoms with van der Waals surface area (Å²) in [6, 6.07) is 9.02.